The monoisotopic (exact) mass is 368 g/mol. The number of amides is 2. The van der Waals surface area contributed by atoms with Gasteiger partial charge >= 0.3 is 0 Å². The predicted molar refractivity (Wildman–Crippen MR) is 81.8 cm³/mol. The van der Waals surface area contributed by atoms with Gasteiger partial charge in [0.1, 0.15) is 5.57 Å². The van der Waals surface area contributed by atoms with Crippen molar-refractivity contribution in [3.63, 3.8) is 0 Å². The Hall–Kier alpha value is -1.93. The van der Waals surface area contributed by atoms with E-state index in [1.54, 1.807) is 12.1 Å². The van der Waals surface area contributed by atoms with Crippen LogP contribution >= 0.6 is 28.1 Å². The first-order valence-corrected chi connectivity index (χ1v) is 7.11. The summed E-state index contributed by atoms with van der Waals surface area (Å²) in [5.74, 6) is 0.209. The van der Waals surface area contributed by atoms with Gasteiger partial charge in [0.15, 0.2) is 16.6 Å². The van der Waals surface area contributed by atoms with Crippen molar-refractivity contribution in [1.82, 2.24) is 10.2 Å². The van der Waals surface area contributed by atoms with E-state index in [4.69, 9.17) is 21.7 Å². The smallest absolute Gasteiger partial charge is 0.265 e. The Morgan fingerprint density at radius 2 is 2.00 bits per heavy atom. The summed E-state index contributed by atoms with van der Waals surface area (Å²) in [6, 6.07) is 3.43. The number of hydrogen-bond donors (Lipinski definition) is 1. The maximum atomic E-state index is 12.1. The van der Waals surface area contributed by atoms with Crippen molar-refractivity contribution in [2.24, 2.45) is 0 Å². The molecule has 108 valence electrons. The van der Waals surface area contributed by atoms with E-state index >= 15 is 0 Å². The lowest BCUT2D eigenvalue weighted by molar-refractivity contribution is -0.128. The van der Waals surface area contributed by atoms with Crippen LogP contribution < -0.4 is 14.8 Å². The Bertz CT molecular complexity index is 716. The van der Waals surface area contributed by atoms with Crippen LogP contribution in [0, 0.1) is 0 Å². The molecule has 1 N–H and O–H groups in total. The molecule has 1 aromatic rings. The fraction of sp³-hybridized carbons (Fsp3) is 0.154. The molecule has 1 fully saturated rings. The van der Waals surface area contributed by atoms with Gasteiger partial charge in [-0.3, -0.25) is 19.8 Å². The topological polar surface area (TPSA) is 67.9 Å². The number of thiocarbonyl (C=S) groups is 1. The Balaban J connectivity index is 2.03. The van der Waals surface area contributed by atoms with Gasteiger partial charge in [-0.15, -0.1) is 0 Å². The lowest BCUT2D eigenvalue weighted by Crippen LogP contribution is -2.52. The quantitative estimate of drug-likeness (QED) is 0.461. The number of carbonyl (C=O) groups is 2. The van der Waals surface area contributed by atoms with E-state index in [0.29, 0.717) is 21.5 Å². The van der Waals surface area contributed by atoms with Crippen LogP contribution in [-0.2, 0) is 9.59 Å². The molecular weight excluding hydrogens is 360 g/mol. The van der Waals surface area contributed by atoms with Crippen molar-refractivity contribution in [2.75, 3.05) is 13.8 Å². The van der Waals surface area contributed by atoms with Crippen molar-refractivity contribution >= 4 is 51.2 Å². The van der Waals surface area contributed by atoms with Crippen LogP contribution in [0.1, 0.15) is 5.56 Å². The third-order valence-corrected chi connectivity index (χ3v) is 4.16. The third-order valence-electron chi connectivity index (χ3n) is 3.10. The summed E-state index contributed by atoms with van der Waals surface area (Å²) in [6.45, 7) is 0.151. The number of rotatable bonds is 1. The number of likely N-dealkylation sites (N-methyl/N-ethyl adjacent to an activating group) is 1. The molecule has 1 aromatic carbocycles. The molecule has 1 saturated heterocycles. The molecule has 0 unspecified atom stereocenters. The lowest BCUT2D eigenvalue weighted by Gasteiger charge is -2.25. The van der Waals surface area contributed by atoms with Gasteiger partial charge in [0.2, 0.25) is 6.79 Å². The van der Waals surface area contributed by atoms with E-state index in [-0.39, 0.29) is 17.5 Å². The first-order chi connectivity index (χ1) is 9.97. The van der Waals surface area contributed by atoms with Crippen LogP contribution in [0.3, 0.4) is 0 Å². The minimum absolute atomic E-state index is 0.00525. The Morgan fingerprint density at radius 3 is 2.71 bits per heavy atom. The molecule has 8 heteroatoms. The highest BCUT2D eigenvalue weighted by Crippen LogP contribution is 2.37. The van der Waals surface area contributed by atoms with Crippen LogP contribution in [-0.4, -0.2) is 35.7 Å². The minimum Gasteiger partial charge on any atom is -0.454 e. The van der Waals surface area contributed by atoms with E-state index in [9.17, 15) is 9.59 Å². The van der Waals surface area contributed by atoms with Crippen molar-refractivity contribution in [2.45, 2.75) is 0 Å². The molecule has 0 saturated carbocycles. The highest BCUT2D eigenvalue weighted by atomic mass is 79.9. The first-order valence-electron chi connectivity index (χ1n) is 5.91. The fourth-order valence-corrected chi connectivity index (χ4v) is 2.56. The molecule has 0 atom stereocenters. The molecule has 2 aliphatic rings. The van der Waals surface area contributed by atoms with Crippen molar-refractivity contribution < 1.29 is 19.1 Å². The second kappa shape index (κ2) is 5.12. The van der Waals surface area contributed by atoms with Crippen LogP contribution in [0.15, 0.2) is 22.2 Å². The molecule has 0 aliphatic carbocycles. The Labute approximate surface area is 133 Å². The second-order valence-electron chi connectivity index (χ2n) is 4.41. The third kappa shape index (κ3) is 2.40. The van der Waals surface area contributed by atoms with Crippen molar-refractivity contribution in [1.29, 1.82) is 0 Å². The minimum atomic E-state index is -0.521. The number of nitrogens with zero attached hydrogens (tertiary/aromatic N) is 1. The summed E-state index contributed by atoms with van der Waals surface area (Å²) in [7, 11) is 1.51. The summed E-state index contributed by atoms with van der Waals surface area (Å²) in [5.41, 5.74) is 0.643. The van der Waals surface area contributed by atoms with E-state index < -0.39 is 11.8 Å². The number of halogens is 1. The van der Waals surface area contributed by atoms with E-state index in [2.05, 4.69) is 21.2 Å². The van der Waals surface area contributed by atoms with Gasteiger partial charge in [-0.1, -0.05) is 15.9 Å². The zero-order valence-corrected chi connectivity index (χ0v) is 13.2. The molecule has 0 spiro atoms. The van der Waals surface area contributed by atoms with Gasteiger partial charge in [-0.25, -0.2) is 0 Å². The standard InChI is InChI=1S/C13H9BrN2O4S/c1-16-12(18)7(11(17)15-13(16)21)2-6-3-9-10(4-8(6)14)20-5-19-9/h2-4H,5H2,1H3,(H,15,17,21). The molecule has 6 nitrogen and oxygen atoms in total. The molecule has 0 aromatic heterocycles. The molecule has 0 radical (unpaired) electrons. The molecule has 0 bridgehead atoms. The largest absolute Gasteiger partial charge is 0.454 e. The summed E-state index contributed by atoms with van der Waals surface area (Å²) in [4.78, 5) is 25.3. The highest BCUT2D eigenvalue weighted by Gasteiger charge is 2.31. The first kappa shape index (κ1) is 14.0. The lowest BCUT2D eigenvalue weighted by atomic mass is 10.1. The van der Waals surface area contributed by atoms with E-state index in [1.165, 1.54) is 18.0 Å². The molecular formula is C13H9BrN2O4S. The van der Waals surface area contributed by atoms with Crippen LogP contribution in [0.4, 0.5) is 0 Å². The SMILES string of the molecule is CN1C(=O)C(=Cc2cc3c(cc2Br)OCO3)C(=O)NC1=S. The zero-order valence-electron chi connectivity index (χ0n) is 10.8. The van der Waals surface area contributed by atoms with Crippen molar-refractivity contribution in [3.8, 4) is 11.5 Å². The molecule has 21 heavy (non-hydrogen) atoms. The summed E-state index contributed by atoms with van der Waals surface area (Å²) in [6.07, 6.45) is 1.49. The highest BCUT2D eigenvalue weighted by molar-refractivity contribution is 9.10. The van der Waals surface area contributed by atoms with E-state index in [0.717, 1.165) is 0 Å². The van der Waals surface area contributed by atoms with Gasteiger partial charge < -0.3 is 9.47 Å². The summed E-state index contributed by atoms with van der Waals surface area (Å²) >= 11 is 8.27. The Morgan fingerprint density at radius 1 is 1.33 bits per heavy atom. The van der Waals surface area contributed by atoms with Crippen molar-refractivity contribution in [3.05, 3.63) is 27.7 Å². The summed E-state index contributed by atoms with van der Waals surface area (Å²) in [5, 5.41) is 2.55. The fourth-order valence-electron chi connectivity index (χ4n) is 1.94. The van der Waals surface area contributed by atoms with Gasteiger partial charge in [-0.05, 0) is 36.0 Å². The molecule has 2 heterocycles. The van der Waals surface area contributed by atoms with Crippen LogP contribution in [0.5, 0.6) is 11.5 Å². The number of ether oxygens (including phenoxy) is 2. The average Bonchev–Trinajstić information content (AvgIpc) is 2.88. The Kier molecular flexibility index (Phi) is 3.42. The average molecular weight is 369 g/mol. The molecule has 2 amide bonds. The van der Waals surface area contributed by atoms with Crippen LogP contribution in [0.25, 0.3) is 6.08 Å². The van der Waals surface area contributed by atoms with Gasteiger partial charge in [0.25, 0.3) is 11.8 Å². The number of hydrogen-bond acceptors (Lipinski definition) is 5. The zero-order chi connectivity index (χ0) is 15.1. The van der Waals surface area contributed by atoms with Crippen LogP contribution in [0.2, 0.25) is 0 Å². The molecule has 2 aliphatic heterocycles. The van der Waals surface area contributed by atoms with Gasteiger partial charge in [-0.2, -0.15) is 0 Å². The maximum absolute atomic E-state index is 12.1. The normalized spacial score (nSPS) is 19.2. The number of nitrogens with one attached hydrogen (secondary N) is 1. The number of fused-ring (bicyclic) bond motifs is 1. The maximum Gasteiger partial charge on any atom is 0.265 e. The van der Waals surface area contributed by atoms with E-state index in [1.807, 2.05) is 0 Å². The van der Waals surface area contributed by atoms with Gasteiger partial charge in [0.05, 0.1) is 0 Å². The number of carbonyl (C=O) groups excluding carboxylic acids is 2. The summed E-state index contributed by atoms with van der Waals surface area (Å²) < 4.78 is 11.2. The second-order valence-corrected chi connectivity index (χ2v) is 5.65. The van der Waals surface area contributed by atoms with Gasteiger partial charge in [0, 0.05) is 11.5 Å². The molecule has 3 rings (SSSR count). The number of benzene rings is 1. The predicted octanol–water partition coefficient (Wildman–Crippen LogP) is 1.43.